The zero-order valence-corrected chi connectivity index (χ0v) is 16.8. The maximum absolute atomic E-state index is 13.0. The Morgan fingerprint density at radius 3 is 2.69 bits per heavy atom. The lowest BCUT2D eigenvalue weighted by molar-refractivity contribution is -0.135. The summed E-state index contributed by atoms with van der Waals surface area (Å²) in [6, 6.07) is 17.3. The monoisotopic (exact) mass is 409 g/mol. The molecule has 1 atom stereocenters. The average molecular weight is 410 g/mol. The molecule has 0 unspecified atom stereocenters. The molecule has 2 aliphatic rings. The van der Waals surface area contributed by atoms with Gasteiger partial charge in [0.15, 0.2) is 0 Å². The maximum Gasteiger partial charge on any atom is 0.325 e. The van der Waals surface area contributed by atoms with Gasteiger partial charge in [-0.2, -0.15) is 11.8 Å². The molecule has 0 bridgehead atoms. The van der Waals surface area contributed by atoms with E-state index in [9.17, 15) is 14.4 Å². The van der Waals surface area contributed by atoms with Gasteiger partial charge in [0.25, 0.3) is 5.91 Å². The Morgan fingerprint density at radius 2 is 1.86 bits per heavy atom. The van der Waals surface area contributed by atoms with E-state index in [0.717, 1.165) is 34.0 Å². The molecule has 150 valence electrons. The summed E-state index contributed by atoms with van der Waals surface area (Å²) in [6.45, 7) is 0.242. The number of imide groups is 1. The highest BCUT2D eigenvalue weighted by molar-refractivity contribution is 7.98. The molecule has 29 heavy (non-hydrogen) atoms. The molecular weight excluding hydrogens is 386 g/mol. The number of benzene rings is 2. The number of amides is 4. The van der Waals surface area contributed by atoms with Crippen LogP contribution in [-0.2, 0) is 27.3 Å². The van der Waals surface area contributed by atoms with Crippen LogP contribution in [0.1, 0.15) is 23.1 Å². The van der Waals surface area contributed by atoms with Crippen LogP contribution in [0.15, 0.2) is 54.6 Å². The highest BCUT2D eigenvalue weighted by Gasteiger charge is 2.55. The van der Waals surface area contributed by atoms with Crippen molar-refractivity contribution in [2.75, 3.05) is 18.8 Å². The van der Waals surface area contributed by atoms with Gasteiger partial charge in [0.2, 0.25) is 5.91 Å². The predicted octanol–water partition coefficient (Wildman–Crippen LogP) is 2.43. The van der Waals surface area contributed by atoms with E-state index in [4.69, 9.17) is 0 Å². The van der Waals surface area contributed by atoms with Crippen LogP contribution in [0.2, 0.25) is 0 Å². The van der Waals surface area contributed by atoms with Crippen molar-refractivity contribution < 1.29 is 14.4 Å². The molecule has 0 saturated carbocycles. The maximum atomic E-state index is 13.0. The van der Waals surface area contributed by atoms with Crippen LogP contribution in [0, 0.1) is 0 Å². The second kappa shape index (κ2) is 8.29. The summed E-state index contributed by atoms with van der Waals surface area (Å²) in [4.78, 5) is 38.8. The first-order valence-electron chi connectivity index (χ1n) is 9.71. The number of carbonyl (C=O) groups excluding carboxylic acids is 3. The van der Waals surface area contributed by atoms with Gasteiger partial charge in [0.05, 0.1) is 0 Å². The topological polar surface area (TPSA) is 78.5 Å². The fourth-order valence-corrected chi connectivity index (χ4v) is 4.78. The Balaban J connectivity index is 1.28. The Morgan fingerprint density at radius 1 is 1.10 bits per heavy atom. The number of carbonyl (C=O) groups is 3. The quantitative estimate of drug-likeness (QED) is 0.544. The van der Waals surface area contributed by atoms with Gasteiger partial charge < -0.3 is 10.6 Å². The Kier molecular flexibility index (Phi) is 5.58. The summed E-state index contributed by atoms with van der Waals surface area (Å²) >= 11 is 1.73. The van der Waals surface area contributed by atoms with E-state index in [1.807, 2.05) is 42.5 Å². The second-order valence-electron chi connectivity index (χ2n) is 7.27. The standard InChI is InChI=1S/C22H23N3O3S/c26-19(23-12-13-29-15-16-6-2-1-3-7-16)14-25-20(27)22(24-21(25)28)11-10-17-8-4-5-9-18(17)22/h1-9H,10-15H2,(H,23,26)(H,24,28)/t22-/m1/s1. The molecule has 0 aromatic heterocycles. The fourth-order valence-electron chi connectivity index (χ4n) is 3.96. The molecular formula is C22H23N3O3S. The minimum absolute atomic E-state index is 0.252. The normalized spacial score (nSPS) is 20.1. The summed E-state index contributed by atoms with van der Waals surface area (Å²) in [5.74, 6) is 0.988. The van der Waals surface area contributed by atoms with Crippen LogP contribution in [0.3, 0.4) is 0 Å². The predicted molar refractivity (Wildman–Crippen MR) is 112 cm³/mol. The van der Waals surface area contributed by atoms with E-state index < -0.39 is 11.6 Å². The molecule has 4 rings (SSSR count). The number of hydrogen-bond donors (Lipinski definition) is 2. The minimum Gasteiger partial charge on any atom is -0.354 e. The van der Waals surface area contributed by atoms with Crippen molar-refractivity contribution in [1.29, 1.82) is 0 Å². The van der Waals surface area contributed by atoms with E-state index in [1.54, 1.807) is 11.8 Å². The molecule has 2 aromatic carbocycles. The van der Waals surface area contributed by atoms with E-state index in [-0.39, 0.29) is 18.4 Å². The smallest absolute Gasteiger partial charge is 0.325 e. The van der Waals surface area contributed by atoms with Crippen molar-refractivity contribution in [3.05, 3.63) is 71.3 Å². The first-order valence-corrected chi connectivity index (χ1v) is 10.9. The third kappa shape index (κ3) is 3.87. The third-order valence-corrected chi connectivity index (χ3v) is 6.43. The number of hydrogen-bond acceptors (Lipinski definition) is 4. The van der Waals surface area contributed by atoms with Crippen molar-refractivity contribution in [3.63, 3.8) is 0 Å². The van der Waals surface area contributed by atoms with Gasteiger partial charge in [0, 0.05) is 18.1 Å². The first-order chi connectivity index (χ1) is 14.1. The lowest BCUT2D eigenvalue weighted by Crippen LogP contribution is -2.44. The molecule has 1 saturated heterocycles. The SMILES string of the molecule is O=C(CN1C(=O)N[C@@]2(CCc3ccccc32)C1=O)NCCSCc1ccccc1. The van der Waals surface area contributed by atoms with E-state index in [2.05, 4.69) is 22.8 Å². The number of nitrogens with one attached hydrogen (secondary N) is 2. The van der Waals surface area contributed by atoms with Crippen molar-refractivity contribution in [2.24, 2.45) is 0 Å². The molecule has 1 aliphatic carbocycles. The molecule has 0 radical (unpaired) electrons. The van der Waals surface area contributed by atoms with Crippen LogP contribution < -0.4 is 10.6 Å². The number of fused-ring (bicyclic) bond motifs is 2. The number of thioether (sulfide) groups is 1. The van der Waals surface area contributed by atoms with Gasteiger partial charge in [-0.1, -0.05) is 54.6 Å². The van der Waals surface area contributed by atoms with Gasteiger partial charge in [-0.25, -0.2) is 4.79 Å². The van der Waals surface area contributed by atoms with E-state index in [1.165, 1.54) is 5.56 Å². The second-order valence-corrected chi connectivity index (χ2v) is 8.38. The summed E-state index contributed by atoms with van der Waals surface area (Å²) in [7, 11) is 0. The molecule has 1 fully saturated rings. The first kappa shape index (κ1) is 19.5. The molecule has 2 aromatic rings. The van der Waals surface area contributed by atoms with Crippen molar-refractivity contribution in [3.8, 4) is 0 Å². The summed E-state index contributed by atoms with van der Waals surface area (Å²) in [5, 5.41) is 5.64. The largest absolute Gasteiger partial charge is 0.354 e. The van der Waals surface area contributed by atoms with Gasteiger partial charge in [-0.05, 0) is 29.5 Å². The zero-order chi connectivity index (χ0) is 20.3. The lowest BCUT2D eigenvalue weighted by Gasteiger charge is -2.22. The average Bonchev–Trinajstić information content (AvgIpc) is 3.22. The summed E-state index contributed by atoms with van der Waals surface area (Å²) < 4.78 is 0. The third-order valence-electron chi connectivity index (χ3n) is 5.40. The van der Waals surface area contributed by atoms with Crippen LogP contribution in [0.25, 0.3) is 0 Å². The number of rotatable bonds is 7. The van der Waals surface area contributed by atoms with Gasteiger partial charge in [0.1, 0.15) is 12.1 Å². The van der Waals surface area contributed by atoms with Gasteiger partial charge in [-0.15, -0.1) is 0 Å². The van der Waals surface area contributed by atoms with Crippen LogP contribution in [0.4, 0.5) is 4.79 Å². The Labute approximate surface area is 174 Å². The number of urea groups is 1. The molecule has 1 heterocycles. The van der Waals surface area contributed by atoms with E-state index >= 15 is 0 Å². The van der Waals surface area contributed by atoms with Crippen molar-refractivity contribution in [2.45, 2.75) is 24.1 Å². The minimum atomic E-state index is -1.01. The lowest BCUT2D eigenvalue weighted by atomic mass is 9.92. The molecule has 6 nitrogen and oxygen atoms in total. The van der Waals surface area contributed by atoms with Crippen LogP contribution >= 0.6 is 11.8 Å². The molecule has 1 aliphatic heterocycles. The van der Waals surface area contributed by atoms with E-state index in [0.29, 0.717) is 13.0 Å². The van der Waals surface area contributed by atoms with Crippen LogP contribution in [0.5, 0.6) is 0 Å². The fraction of sp³-hybridized carbons (Fsp3) is 0.318. The molecule has 4 amide bonds. The molecule has 7 heteroatoms. The van der Waals surface area contributed by atoms with Crippen molar-refractivity contribution in [1.82, 2.24) is 15.5 Å². The summed E-state index contributed by atoms with van der Waals surface area (Å²) in [6.07, 6.45) is 1.27. The Bertz CT molecular complexity index is 934. The van der Waals surface area contributed by atoms with Crippen LogP contribution in [-0.4, -0.2) is 41.6 Å². The Hall–Kier alpha value is -2.80. The van der Waals surface area contributed by atoms with Gasteiger partial charge in [-0.3, -0.25) is 14.5 Å². The highest BCUT2D eigenvalue weighted by Crippen LogP contribution is 2.41. The van der Waals surface area contributed by atoms with Crippen molar-refractivity contribution >= 4 is 29.6 Å². The number of nitrogens with zero attached hydrogens (tertiary/aromatic N) is 1. The summed E-state index contributed by atoms with van der Waals surface area (Å²) in [5.41, 5.74) is 2.14. The highest BCUT2D eigenvalue weighted by atomic mass is 32.2. The molecule has 1 spiro atoms. The molecule has 2 N–H and O–H groups in total. The van der Waals surface area contributed by atoms with Gasteiger partial charge >= 0.3 is 6.03 Å². The zero-order valence-electron chi connectivity index (χ0n) is 16.0. The number of aryl methyl sites for hydroxylation is 1.